The number of nitrogens with one attached hydrogen (secondary N) is 1. The average Bonchev–Trinajstić information content (AvgIpc) is 2.79. The summed E-state index contributed by atoms with van der Waals surface area (Å²) in [4.78, 5) is 8.16. The van der Waals surface area contributed by atoms with Crippen molar-refractivity contribution < 1.29 is 0 Å². The summed E-state index contributed by atoms with van der Waals surface area (Å²) in [5, 5.41) is 7.19. The van der Waals surface area contributed by atoms with Gasteiger partial charge in [0.25, 0.3) is 0 Å². The Morgan fingerprint density at radius 1 is 1.31 bits per heavy atom. The Hall–Kier alpha value is -1.71. The molecule has 0 unspecified atom stereocenters. The molecule has 0 atom stereocenters. The molecule has 2 aromatic rings. The predicted octanol–water partition coefficient (Wildman–Crippen LogP) is 2.60. The first-order valence-corrected chi connectivity index (χ1v) is 5.71. The summed E-state index contributed by atoms with van der Waals surface area (Å²) in [5.74, 6) is 0. The SMILES string of the molecule is CCCCCc1n[nH]cc1-c1ccncn1. The standard InChI is InChI=1S/C12H16N4/c1-2-3-4-5-12-10(8-15-16-12)11-6-7-13-9-14-11/h6-9H,2-5H2,1H3,(H,15,16). The molecule has 0 aromatic carbocycles. The predicted molar refractivity (Wildman–Crippen MR) is 62.8 cm³/mol. The van der Waals surface area contributed by atoms with E-state index in [1.807, 2.05) is 12.3 Å². The molecule has 0 bridgehead atoms. The van der Waals surface area contributed by atoms with Crippen molar-refractivity contribution in [3.63, 3.8) is 0 Å². The van der Waals surface area contributed by atoms with Crippen molar-refractivity contribution in [2.45, 2.75) is 32.6 Å². The van der Waals surface area contributed by atoms with Crippen LogP contribution in [0.5, 0.6) is 0 Å². The van der Waals surface area contributed by atoms with Gasteiger partial charge in [-0.3, -0.25) is 5.10 Å². The molecule has 0 aliphatic heterocycles. The minimum absolute atomic E-state index is 0.940. The van der Waals surface area contributed by atoms with Gasteiger partial charge in [0.15, 0.2) is 0 Å². The van der Waals surface area contributed by atoms with Crippen molar-refractivity contribution >= 4 is 0 Å². The fraction of sp³-hybridized carbons (Fsp3) is 0.417. The number of unbranched alkanes of at least 4 members (excludes halogenated alkanes) is 2. The van der Waals surface area contributed by atoms with Crippen LogP contribution < -0.4 is 0 Å². The lowest BCUT2D eigenvalue weighted by Gasteiger charge is -2.00. The van der Waals surface area contributed by atoms with E-state index in [0.717, 1.165) is 23.4 Å². The summed E-state index contributed by atoms with van der Waals surface area (Å²) in [5.41, 5.74) is 3.14. The highest BCUT2D eigenvalue weighted by molar-refractivity contribution is 5.60. The van der Waals surface area contributed by atoms with Crippen LogP contribution in [-0.4, -0.2) is 20.2 Å². The molecule has 4 nitrogen and oxygen atoms in total. The molecule has 0 saturated heterocycles. The molecule has 0 aliphatic rings. The van der Waals surface area contributed by atoms with Crippen molar-refractivity contribution in [3.8, 4) is 11.3 Å². The van der Waals surface area contributed by atoms with E-state index in [1.54, 1.807) is 12.5 Å². The fourth-order valence-electron chi connectivity index (χ4n) is 1.72. The summed E-state index contributed by atoms with van der Waals surface area (Å²) < 4.78 is 0. The van der Waals surface area contributed by atoms with Gasteiger partial charge >= 0.3 is 0 Å². The van der Waals surface area contributed by atoms with E-state index in [0.29, 0.717) is 0 Å². The Kier molecular flexibility index (Phi) is 3.64. The molecule has 4 heteroatoms. The second-order valence-electron chi connectivity index (χ2n) is 3.80. The van der Waals surface area contributed by atoms with Gasteiger partial charge in [-0.15, -0.1) is 0 Å². The van der Waals surface area contributed by atoms with E-state index in [2.05, 4.69) is 27.1 Å². The lowest BCUT2D eigenvalue weighted by Crippen LogP contribution is -1.91. The normalized spacial score (nSPS) is 10.6. The van der Waals surface area contributed by atoms with Gasteiger partial charge in [-0.2, -0.15) is 5.10 Å². The largest absolute Gasteiger partial charge is 0.285 e. The highest BCUT2D eigenvalue weighted by Crippen LogP contribution is 2.20. The van der Waals surface area contributed by atoms with Crippen molar-refractivity contribution in [2.24, 2.45) is 0 Å². The third kappa shape index (κ3) is 2.45. The van der Waals surface area contributed by atoms with Gasteiger partial charge in [0, 0.05) is 18.0 Å². The lowest BCUT2D eigenvalue weighted by atomic mass is 10.1. The van der Waals surface area contributed by atoms with Crippen LogP contribution in [0.25, 0.3) is 11.3 Å². The Labute approximate surface area is 95.1 Å². The fourth-order valence-corrected chi connectivity index (χ4v) is 1.72. The minimum Gasteiger partial charge on any atom is -0.285 e. The highest BCUT2D eigenvalue weighted by atomic mass is 15.1. The lowest BCUT2D eigenvalue weighted by molar-refractivity contribution is 0.706. The Morgan fingerprint density at radius 3 is 3.00 bits per heavy atom. The van der Waals surface area contributed by atoms with Crippen LogP contribution >= 0.6 is 0 Å². The number of aromatic nitrogens is 4. The molecule has 0 aliphatic carbocycles. The summed E-state index contributed by atoms with van der Waals surface area (Å²) in [6.45, 7) is 2.20. The Bertz CT molecular complexity index is 422. The molecule has 84 valence electrons. The first kappa shape index (κ1) is 10.8. The van der Waals surface area contributed by atoms with Crippen LogP contribution in [0.4, 0.5) is 0 Å². The van der Waals surface area contributed by atoms with Crippen LogP contribution in [0.1, 0.15) is 31.9 Å². The third-order valence-corrected chi connectivity index (χ3v) is 2.59. The van der Waals surface area contributed by atoms with Gasteiger partial charge in [-0.25, -0.2) is 9.97 Å². The van der Waals surface area contributed by atoms with Crippen LogP contribution in [0.2, 0.25) is 0 Å². The first-order valence-electron chi connectivity index (χ1n) is 5.71. The van der Waals surface area contributed by atoms with Gasteiger partial charge < -0.3 is 0 Å². The van der Waals surface area contributed by atoms with Crippen molar-refractivity contribution in [3.05, 3.63) is 30.5 Å². The van der Waals surface area contributed by atoms with Gasteiger partial charge in [0.2, 0.25) is 0 Å². The number of rotatable bonds is 5. The Balaban J connectivity index is 2.13. The van der Waals surface area contributed by atoms with Gasteiger partial charge in [-0.05, 0) is 18.9 Å². The maximum Gasteiger partial charge on any atom is 0.116 e. The molecular weight excluding hydrogens is 200 g/mol. The minimum atomic E-state index is 0.940. The zero-order chi connectivity index (χ0) is 11.2. The van der Waals surface area contributed by atoms with Crippen molar-refractivity contribution in [1.29, 1.82) is 0 Å². The van der Waals surface area contributed by atoms with E-state index >= 15 is 0 Å². The number of H-pyrrole nitrogens is 1. The monoisotopic (exact) mass is 216 g/mol. The second-order valence-corrected chi connectivity index (χ2v) is 3.80. The molecule has 0 radical (unpaired) electrons. The molecule has 0 spiro atoms. The average molecular weight is 216 g/mol. The molecule has 0 fully saturated rings. The smallest absolute Gasteiger partial charge is 0.116 e. The molecule has 2 heterocycles. The van der Waals surface area contributed by atoms with E-state index in [-0.39, 0.29) is 0 Å². The molecule has 16 heavy (non-hydrogen) atoms. The van der Waals surface area contributed by atoms with Gasteiger partial charge in [-0.1, -0.05) is 19.8 Å². The number of aromatic amines is 1. The molecule has 1 N–H and O–H groups in total. The molecule has 0 amide bonds. The zero-order valence-corrected chi connectivity index (χ0v) is 9.48. The number of hydrogen-bond donors (Lipinski definition) is 1. The van der Waals surface area contributed by atoms with Crippen molar-refractivity contribution in [2.75, 3.05) is 0 Å². The zero-order valence-electron chi connectivity index (χ0n) is 9.48. The number of aryl methyl sites for hydroxylation is 1. The first-order chi connectivity index (χ1) is 7.92. The number of nitrogens with zero attached hydrogens (tertiary/aromatic N) is 3. The van der Waals surface area contributed by atoms with Crippen LogP contribution in [0, 0.1) is 0 Å². The van der Waals surface area contributed by atoms with Crippen LogP contribution in [-0.2, 0) is 6.42 Å². The number of hydrogen-bond acceptors (Lipinski definition) is 3. The second kappa shape index (κ2) is 5.39. The van der Waals surface area contributed by atoms with Gasteiger partial charge in [0.05, 0.1) is 11.4 Å². The third-order valence-electron chi connectivity index (χ3n) is 2.59. The topological polar surface area (TPSA) is 54.5 Å². The summed E-state index contributed by atoms with van der Waals surface area (Å²) >= 11 is 0. The van der Waals surface area contributed by atoms with Gasteiger partial charge in [0.1, 0.15) is 6.33 Å². The summed E-state index contributed by atoms with van der Waals surface area (Å²) in [6.07, 6.45) is 9.90. The quantitative estimate of drug-likeness (QED) is 0.781. The van der Waals surface area contributed by atoms with Crippen LogP contribution in [0.15, 0.2) is 24.8 Å². The van der Waals surface area contributed by atoms with E-state index < -0.39 is 0 Å². The maximum atomic E-state index is 4.28. The summed E-state index contributed by atoms with van der Waals surface area (Å²) in [7, 11) is 0. The van der Waals surface area contributed by atoms with Crippen molar-refractivity contribution in [1.82, 2.24) is 20.2 Å². The Morgan fingerprint density at radius 2 is 2.25 bits per heavy atom. The summed E-state index contributed by atoms with van der Waals surface area (Å²) in [6, 6.07) is 1.91. The van der Waals surface area contributed by atoms with E-state index in [4.69, 9.17) is 0 Å². The molecule has 0 saturated carbocycles. The van der Waals surface area contributed by atoms with Crippen LogP contribution in [0.3, 0.4) is 0 Å². The molecule has 2 aromatic heterocycles. The van der Waals surface area contributed by atoms with E-state index in [1.165, 1.54) is 19.3 Å². The van der Waals surface area contributed by atoms with E-state index in [9.17, 15) is 0 Å². The maximum absolute atomic E-state index is 4.28. The highest BCUT2D eigenvalue weighted by Gasteiger charge is 2.08. The molecule has 2 rings (SSSR count). The molecular formula is C12H16N4.